The maximum Gasteiger partial charge on any atom is 0.249 e. The first-order chi connectivity index (χ1) is 13.3. The SMILES string of the molecule is Cc1nc(NCc2ccsn2)c2c(F)c([C@H]3CCC(F)(F)C[C@@H]3N)c(C)n2n1. The van der Waals surface area contributed by atoms with E-state index in [-0.39, 0.29) is 18.4 Å². The minimum Gasteiger partial charge on any atom is -0.362 e. The lowest BCUT2D eigenvalue weighted by Crippen LogP contribution is -2.40. The number of nitrogens with one attached hydrogen (secondary N) is 1. The first-order valence-electron chi connectivity index (χ1n) is 9.08. The molecule has 0 bridgehead atoms. The lowest BCUT2D eigenvalue weighted by molar-refractivity contribution is -0.0449. The molecule has 0 amide bonds. The lowest BCUT2D eigenvalue weighted by atomic mass is 9.78. The molecule has 6 nitrogen and oxygen atoms in total. The Bertz CT molecular complexity index is 1000. The average molecular weight is 410 g/mol. The monoisotopic (exact) mass is 410 g/mol. The number of nitrogens with zero attached hydrogens (tertiary/aromatic N) is 4. The zero-order chi connectivity index (χ0) is 20.1. The highest BCUT2D eigenvalue weighted by molar-refractivity contribution is 7.03. The molecule has 0 unspecified atom stereocenters. The molecule has 3 heterocycles. The number of nitrogens with two attached hydrogens (primary N) is 1. The third kappa shape index (κ3) is 3.35. The molecule has 2 atom stereocenters. The Hall–Kier alpha value is -2.20. The average Bonchev–Trinajstić information content (AvgIpc) is 3.21. The molecule has 0 aromatic carbocycles. The Morgan fingerprint density at radius 2 is 2.18 bits per heavy atom. The largest absolute Gasteiger partial charge is 0.362 e. The standard InChI is InChI=1S/C18H21F3N6S/c1-9-14(12-3-5-18(20,21)7-13(12)22)15(19)16-17(24-10(2)25-27(9)16)23-8-11-4-6-28-26-11/h4,6,12-13H,3,5,7-8,22H2,1-2H3,(H,23,24,25)/t12-,13-/m0/s1. The maximum atomic E-state index is 15.5. The Kier molecular flexibility index (Phi) is 4.78. The van der Waals surface area contributed by atoms with E-state index in [9.17, 15) is 8.78 Å². The van der Waals surface area contributed by atoms with Crippen molar-refractivity contribution in [1.82, 2.24) is 19.0 Å². The molecule has 1 fully saturated rings. The first-order valence-corrected chi connectivity index (χ1v) is 9.92. The fourth-order valence-electron chi connectivity index (χ4n) is 3.96. The van der Waals surface area contributed by atoms with E-state index in [1.807, 2.05) is 11.4 Å². The van der Waals surface area contributed by atoms with Crippen LogP contribution in [0.3, 0.4) is 0 Å². The van der Waals surface area contributed by atoms with Crippen molar-refractivity contribution >= 4 is 22.9 Å². The van der Waals surface area contributed by atoms with E-state index >= 15 is 4.39 Å². The predicted molar refractivity (Wildman–Crippen MR) is 101 cm³/mol. The Balaban J connectivity index is 1.76. The summed E-state index contributed by atoms with van der Waals surface area (Å²) in [5.74, 6) is -2.95. The van der Waals surface area contributed by atoms with Gasteiger partial charge in [-0.2, -0.15) is 9.47 Å². The van der Waals surface area contributed by atoms with Gasteiger partial charge in [0.25, 0.3) is 0 Å². The molecule has 3 aromatic rings. The van der Waals surface area contributed by atoms with Crippen molar-refractivity contribution in [3.63, 3.8) is 0 Å². The van der Waals surface area contributed by atoms with Gasteiger partial charge in [-0.25, -0.2) is 22.7 Å². The summed E-state index contributed by atoms with van der Waals surface area (Å²) < 4.78 is 48.6. The maximum absolute atomic E-state index is 15.5. The number of hydrogen-bond acceptors (Lipinski definition) is 6. The molecule has 0 aliphatic heterocycles. The summed E-state index contributed by atoms with van der Waals surface area (Å²) in [6.07, 6.45) is -0.602. The molecular weight excluding hydrogens is 389 g/mol. The van der Waals surface area contributed by atoms with Crippen LogP contribution in [0.25, 0.3) is 5.52 Å². The molecule has 0 saturated heterocycles. The van der Waals surface area contributed by atoms with Crippen molar-refractivity contribution in [3.05, 3.63) is 40.0 Å². The molecule has 1 aliphatic carbocycles. The number of aryl methyl sites for hydroxylation is 2. The summed E-state index contributed by atoms with van der Waals surface area (Å²) in [7, 11) is 0. The van der Waals surface area contributed by atoms with Crippen LogP contribution in [-0.2, 0) is 6.54 Å². The third-order valence-electron chi connectivity index (χ3n) is 5.28. The summed E-state index contributed by atoms with van der Waals surface area (Å²) in [4.78, 5) is 4.34. The minimum absolute atomic E-state index is 0.136. The smallest absolute Gasteiger partial charge is 0.249 e. The third-order valence-corrected chi connectivity index (χ3v) is 5.88. The van der Waals surface area contributed by atoms with Crippen molar-refractivity contribution in [2.75, 3.05) is 5.32 Å². The van der Waals surface area contributed by atoms with Gasteiger partial charge in [0.15, 0.2) is 11.6 Å². The Labute approximate surface area is 164 Å². The van der Waals surface area contributed by atoms with Crippen molar-refractivity contribution in [2.24, 2.45) is 5.73 Å². The summed E-state index contributed by atoms with van der Waals surface area (Å²) in [6.45, 7) is 3.85. The molecule has 3 aromatic heterocycles. The molecule has 0 radical (unpaired) electrons. The van der Waals surface area contributed by atoms with E-state index in [0.29, 0.717) is 29.4 Å². The van der Waals surface area contributed by atoms with Crippen molar-refractivity contribution in [1.29, 1.82) is 0 Å². The molecule has 28 heavy (non-hydrogen) atoms. The summed E-state index contributed by atoms with van der Waals surface area (Å²) in [5, 5.41) is 9.31. The normalized spacial score (nSPS) is 21.9. The van der Waals surface area contributed by atoms with Crippen LogP contribution in [0.15, 0.2) is 11.4 Å². The van der Waals surface area contributed by atoms with Crippen molar-refractivity contribution in [2.45, 2.75) is 57.5 Å². The van der Waals surface area contributed by atoms with Crippen LogP contribution in [0.2, 0.25) is 0 Å². The fraction of sp³-hybridized carbons (Fsp3) is 0.500. The first kappa shape index (κ1) is 19.1. The second-order valence-corrected chi connectivity index (χ2v) is 7.96. The van der Waals surface area contributed by atoms with E-state index in [2.05, 4.69) is 19.8 Å². The second-order valence-electron chi connectivity index (χ2n) is 7.29. The van der Waals surface area contributed by atoms with E-state index in [4.69, 9.17) is 5.73 Å². The summed E-state index contributed by atoms with van der Waals surface area (Å²) in [6, 6.07) is 1.06. The fourth-order valence-corrected chi connectivity index (χ4v) is 4.50. The zero-order valence-corrected chi connectivity index (χ0v) is 16.4. The quantitative estimate of drug-likeness (QED) is 0.684. The summed E-state index contributed by atoms with van der Waals surface area (Å²) >= 11 is 1.33. The van der Waals surface area contributed by atoms with Gasteiger partial charge in [0.1, 0.15) is 11.3 Å². The van der Waals surface area contributed by atoms with Gasteiger partial charge in [0.05, 0.1) is 12.2 Å². The number of rotatable bonds is 4. The molecule has 4 rings (SSSR count). The van der Waals surface area contributed by atoms with Crippen LogP contribution in [0.5, 0.6) is 0 Å². The molecule has 10 heteroatoms. The number of hydrogen-bond donors (Lipinski definition) is 2. The topological polar surface area (TPSA) is 81.1 Å². The highest BCUT2D eigenvalue weighted by atomic mass is 32.1. The molecule has 0 spiro atoms. The molecule has 1 aliphatic rings. The van der Waals surface area contributed by atoms with Gasteiger partial charge in [-0.3, -0.25) is 0 Å². The van der Waals surface area contributed by atoms with Gasteiger partial charge in [-0.05, 0) is 37.9 Å². The van der Waals surface area contributed by atoms with Crippen molar-refractivity contribution in [3.8, 4) is 0 Å². The number of alkyl halides is 2. The van der Waals surface area contributed by atoms with Gasteiger partial charge < -0.3 is 11.1 Å². The molecule has 150 valence electrons. The number of halogens is 3. The van der Waals surface area contributed by atoms with Crippen LogP contribution >= 0.6 is 11.5 Å². The number of anilines is 1. The highest BCUT2D eigenvalue weighted by Crippen LogP contribution is 2.43. The summed E-state index contributed by atoms with van der Waals surface area (Å²) in [5.41, 5.74) is 7.98. The van der Waals surface area contributed by atoms with Crippen molar-refractivity contribution < 1.29 is 13.2 Å². The Morgan fingerprint density at radius 1 is 1.39 bits per heavy atom. The van der Waals surface area contributed by atoms with Gasteiger partial charge in [0, 0.05) is 41.4 Å². The lowest BCUT2D eigenvalue weighted by Gasteiger charge is -2.33. The number of fused-ring (bicyclic) bond motifs is 1. The number of aromatic nitrogens is 4. The van der Waals surface area contributed by atoms with Crippen LogP contribution in [0.4, 0.5) is 19.0 Å². The van der Waals surface area contributed by atoms with Crippen LogP contribution in [0, 0.1) is 19.7 Å². The van der Waals surface area contributed by atoms with Crippen LogP contribution < -0.4 is 11.1 Å². The molecule has 1 saturated carbocycles. The minimum atomic E-state index is -2.80. The van der Waals surface area contributed by atoms with Gasteiger partial charge in [-0.1, -0.05) is 0 Å². The predicted octanol–water partition coefficient (Wildman–Crippen LogP) is 3.78. The second kappa shape index (κ2) is 7.00. The highest BCUT2D eigenvalue weighted by Gasteiger charge is 2.42. The molecule has 3 N–H and O–H groups in total. The van der Waals surface area contributed by atoms with E-state index in [0.717, 1.165) is 5.69 Å². The van der Waals surface area contributed by atoms with E-state index < -0.39 is 30.1 Å². The molecular formula is C18H21F3N6S. The Morgan fingerprint density at radius 3 is 2.86 bits per heavy atom. The van der Waals surface area contributed by atoms with E-state index in [1.165, 1.54) is 16.0 Å². The van der Waals surface area contributed by atoms with Gasteiger partial charge in [-0.15, -0.1) is 0 Å². The van der Waals surface area contributed by atoms with Gasteiger partial charge in [0.2, 0.25) is 5.92 Å². The zero-order valence-electron chi connectivity index (χ0n) is 15.5. The van der Waals surface area contributed by atoms with Gasteiger partial charge >= 0.3 is 0 Å². The van der Waals surface area contributed by atoms with Crippen LogP contribution in [0.1, 0.15) is 48.0 Å². The van der Waals surface area contributed by atoms with E-state index in [1.54, 1.807) is 13.8 Å². The van der Waals surface area contributed by atoms with Crippen LogP contribution in [-0.4, -0.2) is 30.9 Å².